The minimum Gasteiger partial charge on any atom is -0.481 e. The van der Waals surface area contributed by atoms with Crippen molar-refractivity contribution >= 4 is 15.8 Å². The zero-order valence-electron chi connectivity index (χ0n) is 11.2. The summed E-state index contributed by atoms with van der Waals surface area (Å²) >= 11 is 0. The summed E-state index contributed by atoms with van der Waals surface area (Å²) < 4.78 is 28.0. The standard InChI is InChI=1S/C12H16N2O5S/c1-7(20(2,17)18)10-13-11(19-14-10)8-5-3-4-6-9(8)12(15)16/h3-4,7-9H,5-6H2,1-2H3,(H,15,16). The maximum Gasteiger partial charge on any atom is 0.307 e. The number of carbonyl (C=O) groups is 1. The van der Waals surface area contributed by atoms with Gasteiger partial charge < -0.3 is 9.63 Å². The molecule has 20 heavy (non-hydrogen) atoms. The number of sulfone groups is 1. The summed E-state index contributed by atoms with van der Waals surface area (Å²) in [5.74, 6) is -1.70. The average molecular weight is 300 g/mol. The van der Waals surface area contributed by atoms with Gasteiger partial charge in [-0.3, -0.25) is 4.79 Å². The first-order valence-electron chi connectivity index (χ1n) is 6.21. The van der Waals surface area contributed by atoms with Crippen LogP contribution in [0.4, 0.5) is 0 Å². The molecule has 8 heteroatoms. The summed E-state index contributed by atoms with van der Waals surface area (Å²) in [5, 5.41) is 12.0. The molecular weight excluding hydrogens is 284 g/mol. The Labute approximate surface area is 116 Å². The fourth-order valence-corrected chi connectivity index (χ4v) is 2.59. The van der Waals surface area contributed by atoms with Crippen molar-refractivity contribution in [2.45, 2.75) is 30.9 Å². The van der Waals surface area contributed by atoms with Crippen LogP contribution >= 0.6 is 0 Å². The first kappa shape index (κ1) is 14.7. The SMILES string of the molecule is CC(c1noc(C2CC=CCC2C(=O)O)n1)S(C)(=O)=O. The maximum atomic E-state index is 11.5. The van der Waals surface area contributed by atoms with Crippen LogP contribution in [0.2, 0.25) is 0 Å². The second-order valence-electron chi connectivity index (χ2n) is 4.96. The van der Waals surface area contributed by atoms with E-state index in [-0.39, 0.29) is 11.7 Å². The highest BCUT2D eigenvalue weighted by molar-refractivity contribution is 7.90. The highest BCUT2D eigenvalue weighted by Gasteiger charge is 2.35. The number of carboxylic acid groups (broad SMARTS) is 1. The van der Waals surface area contributed by atoms with E-state index in [1.165, 1.54) is 6.92 Å². The van der Waals surface area contributed by atoms with Crippen molar-refractivity contribution in [2.24, 2.45) is 5.92 Å². The Hall–Kier alpha value is -1.70. The number of carboxylic acids is 1. The van der Waals surface area contributed by atoms with Crippen LogP contribution in [-0.4, -0.2) is 35.9 Å². The Kier molecular flexibility index (Phi) is 3.94. The minimum absolute atomic E-state index is 0.0705. The van der Waals surface area contributed by atoms with Crippen molar-refractivity contribution in [3.63, 3.8) is 0 Å². The lowest BCUT2D eigenvalue weighted by Gasteiger charge is -2.21. The molecule has 1 aliphatic rings. The van der Waals surface area contributed by atoms with Gasteiger partial charge in [0.2, 0.25) is 5.89 Å². The van der Waals surface area contributed by atoms with E-state index in [0.717, 1.165) is 6.26 Å². The minimum atomic E-state index is -3.32. The van der Waals surface area contributed by atoms with Gasteiger partial charge in [-0.1, -0.05) is 17.3 Å². The molecule has 1 N–H and O–H groups in total. The van der Waals surface area contributed by atoms with Gasteiger partial charge in [-0.2, -0.15) is 4.98 Å². The monoisotopic (exact) mass is 300 g/mol. The number of aromatic nitrogens is 2. The molecule has 1 aromatic rings. The van der Waals surface area contributed by atoms with Crippen LogP contribution in [0.25, 0.3) is 0 Å². The molecule has 110 valence electrons. The molecule has 1 aliphatic carbocycles. The van der Waals surface area contributed by atoms with Crippen molar-refractivity contribution in [1.29, 1.82) is 0 Å². The zero-order chi connectivity index (χ0) is 14.9. The van der Waals surface area contributed by atoms with E-state index in [1.807, 2.05) is 12.2 Å². The molecule has 3 atom stereocenters. The van der Waals surface area contributed by atoms with E-state index in [9.17, 15) is 18.3 Å². The predicted molar refractivity (Wildman–Crippen MR) is 69.8 cm³/mol. The van der Waals surface area contributed by atoms with Crippen LogP contribution in [0, 0.1) is 5.92 Å². The van der Waals surface area contributed by atoms with Crippen LogP contribution in [-0.2, 0) is 14.6 Å². The Morgan fingerprint density at radius 3 is 2.70 bits per heavy atom. The fourth-order valence-electron chi connectivity index (χ4n) is 2.11. The molecule has 0 fully saturated rings. The molecular formula is C12H16N2O5S. The molecule has 0 spiro atoms. The molecule has 0 bridgehead atoms. The van der Waals surface area contributed by atoms with Gasteiger partial charge in [-0.05, 0) is 19.8 Å². The van der Waals surface area contributed by atoms with Crippen LogP contribution < -0.4 is 0 Å². The summed E-state index contributed by atoms with van der Waals surface area (Å²) in [4.78, 5) is 15.3. The van der Waals surface area contributed by atoms with Gasteiger partial charge in [0.25, 0.3) is 0 Å². The van der Waals surface area contributed by atoms with Crippen LogP contribution in [0.15, 0.2) is 16.7 Å². The van der Waals surface area contributed by atoms with Crippen LogP contribution in [0.1, 0.15) is 42.6 Å². The van der Waals surface area contributed by atoms with Gasteiger partial charge >= 0.3 is 5.97 Å². The summed E-state index contributed by atoms with van der Waals surface area (Å²) in [7, 11) is -3.32. The van der Waals surface area contributed by atoms with Crippen molar-refractivity contribution in [3.8, 4) is 0 Å². The van der Waals surface area contributed by atoms with E-state index in [2.05, 4.69) is 10.1 Å². The average Bonchev–Trinajstić information content (AvgIpc) is 2.86. The molecule has 7 nitrogen and oxygen atoms in total. The van der Waals surface area contributed by atoms with Crippen molar-refractivity contribution in [3.05, 3.63) is 23.9 Å². The first-order chi connectivity index (χ1) is 9.30. The molecule has 0 amide bonds. The molecule has 0 aliphatic heterocycles. The Balaban J connectivity index is 2.28. The van der Waals surface area contributed by atoms with Gasteiger partial charge in [0, 0.05) is 6.26 Å². The number of hydrogen-bond donors (Lipinski definition) is 1. The molecule has 0 saturated carbocycles. The van der Waals surface area contributed by atoms with Crippen molar-refractivity contribution < 1.29 is 22.8 Å². The van der Waals surface area contributed by atoms with Gasteiger partial charge in [-0.25, -0.2) is 8.42 Å². The van der Waals surface area contributed by atoms with Crippen molar-refractivity contribution in [2.75, 3.05) is 6.26 Å². The maximum absolute atomic E-state index is 11.5. The first-order valence-corrected chi connectivity index (χ1v) is 8.16. The van der Waals surface area contributed by atoms with Crippen molar-refractivity contribution in [1.82, 2.24) is 10.1 Å². The molecule has 2 rings (SSSR count). The van der Waals surface area contributed by atoms with E-state index < -0.39 is 32.9 Å². The Morgan fingerprint density at radius 2 is 2.10 bits per heavy atom. The number of allylic oxidation sites excluding steroid dienone is 2. The van der Waals surface area contributed by atoms with Gasteiger partial charge in [-0.15, -0.1) is 0 Å². The number of rotatable bonds is 4. The lowest BCUT2D eigenvalue weighted by Crippen LogP contribution is -2.23. The number of aliphatic carboxylic acids is 1. The molecule has 0 aromatic carbocycles. The third kappa shape index (κ3) is 2.90. The van der Waals surface area contributed by atoms with Crippen LogP contribution in [0.3, 0.4) is 0 Å². The lowest BCUT2D eigenvalue weighted by molar-refractivity contribution is -0.142. The second kappa shape index (κ2) is 5.35. The second-order valence-corrected chi connectivity index (χ2v) is 7.32. The van der Waals surface area contributed by atoms with Gasteiger partial charge in [0.15, 0.2) is 15.7 Å². The molecule has 0 saturated heterocycles. The van der Waals surface area contributed by atoms with Crippen LogP contribution in [0.5, 0.6) is 0 Å². The summed E-state index contributed by atoms with van der Waals surface area (Å²) in [6, 6.07) is 0. The normalized spacial score (nSPS) is 24.5. The summed E-state index contributed by atoms with van der Waals surface area (Å²) in [6.07, 6.45) is 5.67. The zero-order valence-corrected chi connectivity index (χ0v) is 12.0. The van der Waals surface area contributed by atoms with E-state index >= 15 is 0 Å². The fraction of sp³-hybridized carbons (Fsp3) is 0.583. The lowest BCUT2D eigenvalue weighted by atomic mass is 9.83. The highest BCUT2D eigenvalue weighted by Crippen LogP contribution is 2.34. The molecule has 3 unspecified atom stereocenters. The largest absolute Gasteiger partial charge is 0.481 e. The Morgan fingerprint density at radius 1 is 1.45 bits per heavy atom. The number of hydrogen-bond acceptors (Lipinski definition) is 6. The summed E-state index contributed by atoms with van der Waals surface area (Å²) in [5.41, 5.74) is 0. The molecule has 0 radical (unpaired) electrons. The van der Waals surface area contributed by atoms with E-state index in [0.29, 0.717) is 12.8 Å². The molecule has 1 heterocycles. The van der Waals surface area contributed by atoms with E-state index in [1.54, 1.807) is 0 Å². The third-order valence-corrected chi connectivity index (χ3v) is 5.03. The quantitative estimate of drug-likeness (QED) is 0.834. The highest BCUT2D eigenvalue weighted by atomic mass is 32.2. The van der Waals surface area contributed by atoms with E-state index in [4.69, 9.17) is 4.52 Å². The number of nitrogens with zero attached hydrogens (tertiary/aromatic N) is 2. The predicted octanol–water partition coefficient (Wildman–Crippen LogP) is 1.31. The topological polar surface area (TPSA) is 110 Å². The third-order valence-electron chi connectivity index (χ3n) is 3.53. The van der Waals surface area contributed by atoms with Gasteiger partial charge in [0.1, 0.15) is 5.25 Å². The smallest absolute Gasteiger partial charge is 0.307 e. The van der Waals surface area contributed by atoms with Gasteiger partial charge in [0.05, 0.1) is 11.8 Å². The Bertz CT molecular complexity index is 634. The summed E-state index contributed by atoms with van der Waals surface area (Å²) in [6.45, 7) is 1.47. The molecule has 1 aromatic heterocycles.